The number of benzene rings is 3. The second kappa shape index (κ2) is 8.24. The molecule has 0 spiro atoms. The third-order valence-electron chi connectivity index (χ3n) is 5.87. The Labute approximate surface area is 188 Å². The molecule has 4 nitrogen and oxygen atoms in total. The molecule has 1 fully saturated rings. The summed E-state index contributed by atoms with van der Waals surface area (Å²) in [6, 6.07) is 22.2. The molecule has 1 N–H and O–H groups in total. The Balaban J connectivity index is 1.40. The standard InChI is InChI=1S/C26H20F3N3O/c27-26(28,29)22-12-5-4-11-20(22)18-9-6-10-19(13-18)32-16-30-15-24(32)25(33)31-23-14-21(23)17-7-2-1-3-8-17/h1-13,15-16,21,23H,14H2,(H,31,33)/t21-,23?/m1/s1. The van der Waals surface area contributed by atoms with Crippen molar-refractivity contribution in [2.45, 2.75) is 24.6 Å². The van der Waals surface area contributed by atoms with Crippen molar-refractivity contribution in [2.75, 3.05) is 0 Å². The number of carbonyl (C=O) groups excluding carboxylic acids is 1. The van der Waals surface area contributed by atoms with Crippen LogP contribution in [0.4, 0.5) is 13.2 Å². The van der Waals surface area contributed by atoms with Gasteiger partial charge in [0.25, 0.3) is 5.91 Å². The summed E-state index contributed by atoms with van der Waals surface area (Å²) in [6.45, 7) is 0. The minimum Gasteiger partial charge on any atom is -0.347 e. The Morgan fingerprint density at radius 1 is 0.970 bits per heavy atom. The number of hydrogen-bond acceptors (Lipinski definition) is 2. The quantitative estimate of drug-likeness (QED) is 0.418. The molecule has 166 valence electrons. The number of aromatic nitrogens is 2. The molecule has 1 unspecified atom stereocenters. The zero-order chi connectivity index (χ0) is 23.0. The highest BCUT2D eigenvalue weighted by molar-refractivity contribution is 5.93. The molecular formula is C26H20F3N3O. The molecule has 0 saturated heterocycles. The Morgan fingerprint density at radius 3 is 2.52 bits per heavy atom. The number of carbonyl (C=O) groups is 1. The molecule has 1 aliphatic rings. The molecule has 0 aliphatic heterocycles. The Bertz CT molecular complexity index is 1300. The van der Waals surface area contributed by atoms with E-state index in [2.05, 4.69) is 10.3 Å². The summed E-state index contributed by atoms with van der Waals surface area (Å²) in [5.41, 5.74) is 1.87. The van der Waals surface area contributed by atoms with Crippen LogP contribution in [0.2, 0.25) is 0 Å². The van der Waals surface area contributed by atoms with Gasteiger partial charge < -0.3 is 5.32 Å². The van der Waals surface area contributed by atoms with Gasteiger partial charge in [-0.05, 0) is 41.3 Å². The third kappa shape index (κ3) is 4.26. The Kier molecular flexibility index (Phi) is 5.24. The summed E-state index contributed by atoms with van der Waals surface area (Å²) in [6.07, 6.45) is -0.642. The zero-order valence-electron chi connectivity index (χ0n) is 17.5. The lowest BCUT2D eigenvalue weighted by atomic mass is 9.99. The van der Waals surface area contributed by atoms with E-state index in [0.717, 1.165) is 12.5 Å². The van der Waals surface area contributed by atoms with E-state index in [1.807, 2.05) is 30.3 Å². The van der Waals surface area contributed by atoms with Crippen molar-refractivity contribution in [3.8, 4) is 16.8 Å². The number of alkyl halides is 3. The first-order valence-corrected chi connectivity index (χ1v) is 10.6. The predicted octanol–water partition coefficient (Wildman–Crippen LogP) is 5.84. The van der Waals surface area contributed by atoms with Gasteiger partial charge in [0.1, 0.15) is 5.69 Å². The van der Waals surface area contributed by atoms with E-state index < -0.39 is 11.7 Å². The van der Waals surface area contributed by atoms with Crippen molar-refractivity contribution in [3.63, 3.8) is 0 Å². The van der Waals surface area contributed by atoms with Gasteiger partial charge in [-0.2, -0.15) is 13.2 Å². The summed E-state index contributed by atoms with van der Waals surface area (Å²) < 4.78 is 42.1. The first-order chi connectivity index (χ1) is 15.9. The summed E-state index contributed by atoms with van der Waals surface area (Å²) in [7, 11) is 0. The van der Waals surface area contributed by atoms with Crippen LogP contribution in [0.25, 0.3) is 16.8 Å². The lowest BCUT2D eigenvalue weighted by Crippen LogP contribution is -2.28. The van der Waals surface area contributed by atoms with Gasteiger partial charge in [-0.1, -0.05) is 60.7 Å². The number of rotatable bonds is 5. The summed E-state index contributed by atoms with van der Waals surface area (Å²) >= 11 is 0. The van der Waals surface area contributed by atoms with Crippen molar-refractivity contribution in [1.82, 2.24) is 14.9 Å². The minimum atomic E-state index is -4.47. The van der Waals surface area contributed by atoms with Crippen LogP contribution in [0, 0.1) is 0 Å². The average Bonchev–Trinajstić information content (AvgIpc) is 3.40. The van der Waals surface area contributed by atoms with E-state index in [-0.39, 0.29) is 23.4 Å². The minimum absolute atomic E-state index is 0.0493. The van der Waals surface area contributed by atoms with Crippen LogP contribution in [0.15, 0.2) is 91.4 Å². The molecule has 0 radical (unpaired) electrons. The normalized spacial score (nSPS) is 17.5. The van der Waals surface area contributed by atoms with E-state index in [9.17, 15) is 18.0 Å². The van der Waals surface area contributed by atoms with Gasteiger partial charge in [0.05, 0.1) is 18.1 Å². The predicted molar refractivity (Wildman–Crippen MR) is 119 cm³/mol. The highest BCUT2D eigenvalue weighted by Crippen LogP contribution is 2.41. The van der Waals surface area contributed by atoms with Crippen LogP contribution < -0.4 is 5.32 Å². The van der Waals surface area contributed by atoms with Crippen molar-refractivity contribution in [2.24, 2.45) is 0 Å². The van der Waals surface area contributed by atoms with Crippen molar-refractivity contribution < 1.29 is 18.0 Å². The second-order valence-electron chi connectivity index (χ2n) is 8.08. The number of amides is 1. The molecule has 3 aromatic carbocycles. The van der Waals surface area contributed by atoms with Gasteiger partial charge in [-0.3, -0.25) is 9.36 Å². The molecule has 7 heteroatoms. The summed E-state index contributed by atoms with van der Waals surface area (Å²) in [5, 5.41) is 3.04. The molecule has 0 bridgehead atoms. The Hall–Kier alpha value is -3.87. The molecule has 2 atom stereocenters. The van der Waals surface area contributed by atoms with Gasteiger partial charge in [-0.25, -0.2) is 4.98 Å². The van der Waals surface area contributed by atoms with Gasteiger partial charge in [-0.15, -0.1) is 0 Å². The SMILES string of the molecule is O=C(NC1C[C@@H]1c1ccccc1)c1cncn1-c1cccc(-c2ccccc2C(F)(F)F)c1. The van der Waals surface area contributed by atoms with Gasteiger partial charge in [0, 0.05) is 17.6 Å². The first-order valence-electron chi connectivity index (χ1n) is 10.6. The van der Waals surface area contributed by atoms with Crippen LogP contribution >= 0.6 is 0 Å². The molecule has 1 saturated carbocycles. The number of imidazole rings is 1. The van der Waals surface area contributed by atoms with Gasteiger partial charge >= 0.3 is 6.18 Å². The highest BCUT2D eigenvalue weighted by Gasteiger charge is 2.40. The summed E-state index contributed by atoms with van der Waals surface area (Å²) in [5.74, 6) is 0.0192. The topological polar surface area (TPSA) is 46.9 Å². The lowest BCUT2D eigenvalue weighted by Gasteiger charge is -2.14. The maximum Gasteiger partial charge on any atom is 0.417 e. The Morgan fingerprint density at radius 2 is 1.73 bits per heavy atom. The van der Waals surface area contributed by atoms with Crippen LogP contribution in [0.3, 0.4) is 0 Å². The molecule has 1 amide bonds. The molecule has 33 heavy (non-hydrogen) atoms. The van der Waals surface area contributed by atoms with E-state index in [1.165, 1.54) is 30.2 Å². The van der Waals surface area contributed by atoms with E-state index >= 15 is 0 Å². The van der Waals surface area contributed by atoms with Crippen molar-refractivity contribution in [3.05, 3.63) is 108 Å². The van der Waals surface area contributed by atoms with E-state index in [0.29, 0.717) is 16.9 Å². The number of nitrogens with one attached hydrogen (secondary N) is 1. The molecule has 1 heterocycles. The fourth-order valence-electron chi connectivity index (χ4n) is 4.14. The van der Waals surface area contributed by atoms with Crippen molar-refractivity contribution in [1.29, 1.82) is 0 Å². The van der Waals surface area contributed by atoms with Gasteiger partial charge in [0.2, 0.25) is 0 Å². The number of hydrogen-bond donors (Lipinski definition) is 1. The smallest absolute Gasteiger partial charge is 0.347 e. The molecule has 4 aromatic rings. The van der Waals surface area contributed by atoms with Crippen LogP contribution in [0.1, 0.15) is 34.0 Å². The maximum atomic E-state index is 13.5. The van der Waals surface area contributed by atoms with E-state index in [1.54, 1.807) is 34.9 Å². The average molecular weight is 447 g/mol. The number of halogens is 3. The summed E-state index contributed by atoms with van der Waals surface area (Å²) in [4.78, 5) is 17.1. The molecule has 1 aliphatic carbocycles. The highest BCUT2D eigenvalue weighted by atomic mass is 19.4. The van der Waals surface area contributed by atoms with E-state index in [4.69, 9.17) is 0 Å². The third-order valence-corrected chi connectivity index (χ3v) is 5.87. The molecular weight excluding hydrogens is 427 g/mol. The second-order valence-corrected chi connectivity index (χ2v) is 8.08. The monoisotopic (exact) mass is 447 g/mol. The zero-order valence-corrected chi connectivity index (χ0v) is 17.5. The lowest BCUT2D eigenvalue weighted by molar-refractivity contribution is -0.137. The largest absolute Gasteiger partial charge is 0.417 e. The fraction of sp³-hybridized carbons (Fsp3) is 0.154. The maximum absolute atomic E-state index is 13.5. The number of nitrogens with zero attached hydrogens (tertiary/aromatic N) is 2. The molecule has 5 rings (SSSR count). The van der Waals surface area contributed by atoms with Crippen LogP contribution in [-0.4, -0.2) is 21.5 Å². The van der Waals surface area contributed by atoms with Crippen LogP contribution in [0.5, 0.6) is 0 Å². The molecule has 1 aromatic heterocycles. The van der Waals surface area contributed by atoms with Crippen molar-refractivity contribution >= 4 is 5.91 Å². The first kappa shape index (κ1) is 21.0. The van der Waals surface area contributed by atoms with Crippen LogP contribution in [-0.2, 0) is 6.18 Å². The van der Waals surface area contributed by atoms with Gasteiger partial charge in [0.15, 0.2) is 0 Å². The fourth-order valence-corrected chi connectivity index (χ4v) is 4.14.